The molecule has 0 aliphatic carbocycles. The second-order valence-corrected chi connectivity index (χ2v) is 4.02. The van der Waals surface area contributed by atoms with Gasteiger partial charge in [0.25, 0.3) is 0 Å². The molecule has 0 atom stereocenters. The highest BCUT2D eigenvalue weighted by Gasteiger charge is 2.08. The summed E-state index contributed by atoms with van der Waals surface area (Å²) in [5.74, 6) is 1.01. The minimum absolute atomic E-state index is 0.153. The normalized spacial score (nSPS) is 11.1. The van der Waals surface area contributed by atoms with Gasteiger partial charge in [0.15, 0.2) is 11.6 Å². The third-order valence-electron chi connectivity index (χ3n) is 2.42. The van der Waals surface area contributed by atoms with Crippen molar-refractivity contribution in [1.82, 2.24) is 15.0 Å². The molecule has 19 heavy (non-hydrogen) atoms. The van der Waals surface area contributed by atoms with E-state index in [0.29, 0.717) is 11.6 Å². The fraction of sp³-hybridized carbons (Fsp3) is 0. The van der Waals surface area contributed by atoms with Crippen molar-refractivity contribution in [2.75, 3.05) is 0 Å². The van der Waals surface area contributed by atoms with Crippen LogP contribution in [0.1, 0.15) is 5.82 Å². The van der Waals surface area contributed by atoms with Gasteiger partial charge in [-0.05, 0) is 11.6 Å². The highest BCUT2D eigenvalue weighted by Crippen LogP contribution is 2.19. The summed E-state index contributed by atoms with van der Waals surface area (Å²) in [6.07, 6.45) is 5.08. The van der Waals surface area contributed by atoms with E-state index in [-0.39, 0.29) is 5.28 Å². The van der Waals surface area contributed by atoms with E-state index < -0.39 is 0 Å². The zero-order chi connectivity index (χ0) is 13.7. The summed E-state index contributed by atoms with van der Waals surface area (Å²) in [7, 11) is 0. The second kappa shape index (κ2) is 6.07. The highest BCUT2D eigenvalue weighted by molar-refractivity contribution is 6.28. The standard InChI is InChI=1S/C15H12ClN3/c1-3-8-11(4-2)13-17-14(19-15(16)18-13)12-9-6-5-7-10-12/h3-10H,1-2H2/b11-8+. The molecule has 0 saturated heterocycles. The lowest BCUT2D eigenvalue weighted by atomic mass is 10.2. The van der Waals surface area contributed by atoms with Crippen LogP contribution in [0.15, 0.2) is 61.7 Å². The molecule has 2 rings (SSSR count). The zero-order valence-electron chi connectivity index (χ0n) is 10.3. The van der Waals surface area contributed by atoms with Gasteiger partial charge in [0.05, 0.1) is 0 Å². The van der Waals surface area contributed by atoms with Crippen molar-refractivity contribution in [3.05, 3.63) is 72.8 Å². The van der Waals surface area contributed by atoms with Gasteiger partial charge in [-0.1, -0.05) is 61.7 Å². The van der Waals surface area contributed by atoms with Crippen molar-refractivity contribution < 1.29 is 0 Å². The van der Waals surface area contributed by atoms with Gasteiger partial charge in [0, 0.05) is 11.1 Å². The van der Waals surface area contributed by atoms with Gasteiger partial charge in [0.1, 0.15) is 0 Å². The van der Waals surface area contributed by atoms with Gasteiger partial charge in [-0.2, -0.15) is 9.97 Å². The van der Waals surface area contributed by atoms with Crippen molar-refractivity contribution >= 4 is 17.2 Å². The van der Waals surface area contributed by atoms with Crippen LogP contribution in [0.3, 0.4) is 0 Å². The Labute approximate surface area is 117 Å². The Kier molecular flexibility index (Phi) is 4.21. The Morgan fingerprint density at radius 1 is 1.05 bits per heavy atom. The minimum atomic E-state index is 0.153. The summed E-state index contributed by atoms with van der Waals surface area (Å²) in [5.41, 5.74) is 1.63. The van der Waals surface area contributed by atoms with Crippen LogP contribution in [0.5, 0.6) is 0 Å². The van der Waals surface area contributed by atoms with Crippen molar-refractivity contribution in [3.63, 3.8) is 0 Å². The average Bonchev–Trinajstić information content (AvgIpc) is 2.45. The Morgan fingerprint density at radius 3 is 2.42 bits per heavy atom. The number of hydrogen-bond donors (Lipinski definition) is 0. The molecule has 1 heterocycles. The van der Waals surface area contributed by atoms with E-state index in [9.17, 15) is 0 Å². The number of halogens is 1. The molecule has 0 bridgehead atoms. The van der Waals surface area contributed by atoms with E-state index in [0.717, 1.165) is 11.1 Å². The molecule has 0 amide bonds. The lowest BCUT2D eigenvalue weighted by Gasteiger charge is -2.04. The second-order valence-electron chi connectivity index (χ2n) is 3.68. The monoisotopic (exact) mass is 269 g/mol. The number of rotatable bonds is 4. The smallest absolute Gasteiger partial charge is 0.208 e. The van der Waals surface area contributed by atoms with Crippen LogP contribution in [0.25, 0.3) is 17.0 Å². The molecule has 0 radical (unpaired) electrons. The molecule has 2 aromatic rings. The Hall–Kier alpha value is -2.26. The maximum Gasteiger partial charge on any atom is 0.226 e. The number of nitrogens with zero attached hydrogens (tertiary/aromatic N) is 3. The van der Waals surface area contributed by atoms with E-state index in [1.165, 1.54) is 0 Å². The van der Waals surface area contributed by atoms with Gasteiger partial charge in [-0.15, -0.1) is 0 Å². The fourth-order valence-corrected chi connectivity index (χ4v) is 1.72. The van der Waals surface area contributed by atoms with Crippen LogP contribution in [-0.4, -0.2) is 15.0 Å². The summed E-state index contributed by atoms with van der Waals surface area (Å²) in [4.78, 5) is 12.6. The largest absolute Gasteiger partial charge is 0.226 e. The highest BCUT2D eigenvalue weighted by atomic mass is 35.5. The number of benzene rings is 1. The molecule has 1 aromatic heterocycles. The van der Waals surface area contributed by atoms with Crippen molar-refractivity contribution in [2.45, 2.75) is 0 Å². The maximum absolute atomic E-state index is 5.95. The molecule has 0 spiro atoms. The van der Waals surface area contributed by atoms with Crippen molar-refractivity contribution in [3.8, 4) is 11.4 Å². The summed E-state index contributed by atoms with van der Waals surface area (Å²) < 4.78 is 0. The third kappa shape index (κ3) is 3.14. The van der Waals surface area contributed by atoms with Gasteiger partial charge >= 0.3 is 0 Å². The predicted octanol–water partition coefficient (Wildman–Crippen LogP) is 3.95. The third-order valence-corrected chi connectivity index (χ3v) is 2.58. The molecule has 0 N–H and O–H groups in total. The molecule has 4 heteroatoms. The average molecular weight is 270 g/mol. The van der Waals surface area contributed by atoms with E-state index >= 15 is 0 Å². The van der Waals surface area contributed by atoms with E-state index in [1.807, 2.05) is 30.3 Å². The molecule has 0 aliphatic heterocycles. The molecule has 0 fully saturated rings. The molecule has 0 unspecified atom stereocenters. The molecule has 0 saturated carbocycles. The molecular formula is C15H12ClN3. The Bertz CT molecular complexity index is 633. The molecular weight excluding hydrogens is 258 g/mol. The van der Waals surface area contributed by atoms with E-state index in [1.54, 1.807) is 18.2 Å². The molecule has 1 aromatic carbocycles. The van der Waals surface area contributed by atoms with Crippen molar-refractivity contribution in [1.29, 1.82) is 0 Å². The number of aromatic nitrogens is 3. The van der Waals surface area contributed by atoms with Gasteiger partial charge in [-0.25, -0.2) is 4.98 Å². The molecule has 3 nitrogen and oxygen atoms in total. The number of hydrogen-bond acceptors (Lipinski definition) is 3. The Balaban J connectivity index is 2.55. The summed E-state index contributed by atoms with van der Waals surface area (Å²) in [6, 6.07) is 9.60. The van der Waals surface area contributed by atoms with E-state index in [2.05, 4.69) is 28.1 Å². The van der Waals surface area contributed by atoms with E-state index in [4.69, 9.17) is 11.6 Å². The lowest BCUT2D eigenvalue weighted by Crippen LogP contribution is -1.99. The molecule has 0 aliphatic rings. The zero-order valence-corrected chi connectivity index (χ0v) is 11.0. The first-order valence-electron chi connectivity index (χ1n) is 5.67. The van der Waals surface area contributed by atoms with Gasteiger partial charge in [0.2, 0.25) is 5.28 Å². The lowest BCUT2D eigenvalue weighted by molar-refractivity contribution is 1.03. The van der Waals surface area contributed by atoms with Crippen LogP contribution < -0.4 is 0 Å². The van der Waals surface area contributed by atoms with Crippen LogP contribution >= 0.6 is 11.6 Å². The van der Waals surface area contributed by atoms with Gasteiger partial charge < -0.3 is 0 Å². The first-order valence-corrected chi connectivity index (χ1v) is 6.05. The van der Waals surface area contributed by atoms with Crippen LogP contribution in [-0.2, 0) is 0 Å². The first-order chi connectivity index (χ1) is 9.24. The summed E-state index contributed by atoms with van der Waals surface area (Å²) >= 11 is 5.95. The SMILES string of the molecule is C=C/C=C(\C=C)c1nc(Cl)nc(-c2ccccc2)n1. The summed E-state index contributed by atoms with van der Waals surface area (Å²) in [6.45, 7) is 7.38. The Morgan fingerprint density at radius 2 is 1.79 bits per heavy atom. The summed E-state index contributed by atoms with van der Waals surface area (Å²) in [5, 5.41) is 0.153. The molecule has 94 valence electrons. The number of allylic oxidation sites excluding steroid dienone is 4. The minimum Gasteiger partial charge on any atom is -0.208 e. The quantitative estimate of drug-likeness (QED) is 0.789. The van der Waals surface area contributed by atoms with Crippen molar-refractivity contribution in [2.24, 2.45) is 0 Å². The van der Waals surface area contributed by atoms with Crippen LogP contribution in [0.2, 0.25) is 5.28 Å². The predicted molar refractivity (Wildman–Crippen MR) is 78.6 cm³/mol. The fourth-order valence-electron chi connectivity index (χ4n) is 1.56. The topological polar surface area (TPSA) is 38.7 Å². The van der Waals surface area contributed by atoms with Gasteiger partial charge in [-0.3, -0.25) is 0 Å². The first kappa shape index (κ1) is 13.2. The maximum atomic E-state index is 5.95. The van der Waals surface area contributed by atoms with Crippen LogP contribution in [0, 0.1) is 0 Å². The van der Waals surface area contributed by atoms with Crippen LogP contribution in [0.4, 0.5) is 0 Å².